The Morgan fingerprint density at radius 3 is 3.11 bits per heavy atom. The quantitative estimate of drug-likeness (QED) is 0.839. The molecule has 1 fully saturated rings. The lowest BCUT2D eigenvalue weighted by atomic mass is 10.2. The predicted molar refractivity (Wildman–Crippen MR) is 71.1 cm³/mol. The molecule has 0 aliphatic carbocycles. The highest BCUT2D eigenvalue weighted by Crippen LogP contribution is 2.18. The van der Waals surface area contributed by atoms with E-state index in [4.69, 9.17) is 4.42 Å². The minimum Gasteiger partial charge on any atom is -0.408 e. The Kier molecular flexibility index (Phi) is 2.87. The fourth-order valence-corrected chi connectivity index (χ4v) is 2.34. The van der Waals surface area contributed by atoms with E-state index in [0.29, 0.717) is 16.8 Å². The first kappa shape index (κ1) is 12.0. The van der Waals surface area contributed by atoms with Gasteiger partial charge in [0, 0.05) is 12.7 Å². The van der Waals surface area contributed by atoms with Gasteiger partial charge in [0.05, 0.1) is 11.6 Å². The summed E-state index contributed by atoms with van der Waals surface area (Å²) in [6, 6.07) is 5.04. The second-order valence-electron chi connectivity index (χ2n) is 4.75. The normalized spacial score (nSPS) is 18.9. The van der Waals surface area contributed by atoms with Gasteiger partial charge < -0.3 is 15.1 Å². The molecule has 6 heteroatoms. The highest BCUT2D eigenvalue weighted by Gasteiger charge is 2.22. The van der Waals surface area contributed by atoms with Crippen LogP contribution in [0.2, 0.25) is 0 Å². The second-order valence-corrected chi connectivity index (χ2v) is 4.75. The van der Waals surface area contributed by atoms with Gasteiger partial charge in [0.1, 0.15) is 0 Å². The third-order valence-electron chi connectivity index (χ3n) is 3.44. The number of fused-ring (bicyclic) bond motifs is 1. The molecule has 1 aromatic heterocycles. The molecule has 0 radical (unpaired) electrons. The number of hydrogen-bond acceptors (Lipinski definition) is 4. The fraction of sp³-hybridized carbons (Fsp3) is 0.385. The maximum atomic E-state index is 12.0. The van der Waals surface area contributed by atoms with Gasteiger partial charge in [0.2, 0.25) is 5.91 Å². The monoisotopic (exact) mass is 261 g/mol. The molecule has 0 spiro atoms. The Morgan fingerprint density at radius 1 is 1.53 bits per heavy atom. The number of rotatable bonds is 2. The van der Waals surface area contributed by atoms with Crippen LogP contribution in [0.25, 0.3) is 11.1 Å². The molecule has 1 aliphatic rings. The maximum Gasteiger partial charge on any atom is 0.419 e. The number of nitrogens with zero attached hydrogens (tertiary/aromatic N) is 1. The lowest BCUT2D eigenvalue weighted by molar-refractivity contribution is -0.117. The molecule has 6 nitrogen and oxygen atoms in total. The summed E-state index contributed by atoms with van der Waals surface area (Å²) in [6.07, 6.45) is 1.88. The maximum absolute atomic E-state index is 12.0. The lowest BCUT2D eigenvalue weighted by Gasteiger charge is -2.10. The number of oxazole rings is 1. The number of benzene rings is 1. The first-order valence-electron chi connectivity index (χ1n) is 6.29. The summed E-state index contributed by atoms with van der Waals surface area (Å²) < 4.78 is 6.46. The van der Waals surface area contributed by atoms with Gasteiger partial charge in [-0.15, -0.1) is 0 Å². The SMILES string of the molecule is Cn1c(=O)oc2ccc(NC(=O)C3CCCN3)cc21. The lowest BCUT2D eigenvalue weighted by Crippen LogP contribution is -2.35. The Labute approximate surface area is 109 Å². The van der Waals surface area contributed by atoms with Crippen LogP contribution in [0.1, 0.15) is 12.8 Å². The average molecular weight is 261 g/mol. The van der Waals surface area contributed by atoms with E-state index in [1.807, 2.05) is 0 Å². The molecule has 3 rings (SSSR count). The van der Waals surface area contributed by atoms with Gasteiger partial charge in [-0.2, -0.15) is 0 Å². The van der Waals surface area contributed by atoms with Crippen LogP contribution in [0, 0.1) is 0 Å². The Hall–Kier alpha value is -2.08. The van der Waals surface area contributed by atoms with Crippen LogP contribution in [0.4, 0.5) is 5.69 Å². The number of anilines is 1. The van der Waals surface area contributed by atoms with Crippen LogP contribution in [0.15, 0.2) is 27.4 Å². The van der Waals surface area contributed by atoms with Crippen molar-refractivity contribution in [3.05, 3.63) is 28.7 Å². The van der Waals surface area contributed by atoms with Crippen LogP contribution >= 0.6 is 0 Å². The molecular formula is C13H15N3O3. The van der Waals surface area contributed by atoms with Crippen molar-refractivity contribution >= 4 is 22.7 Å². The predicted octanol–water partition coefficient (Wildman–Crippen LogP) is 0.822. The molecule has 100 valence electrons. The van der Waals surface area contributed by atoms with Crippen molar-refractivity contribution in [2.75, 3.05) is 11.9 Å². The third-order valence-corrected chi connectivity index (χ3v) is 3.44. The summed E-state index contributed by atoms with van der Waals surface area (Å²) in [6.45, 7) is 0.882. The van der Waals surface area contributed by atoms with E-state index in [1.165, 1.54) is 4.57 Å². The Balaban J connectivity index is 1.86. The summed E-state index contributed by atoms with van der Waals surface area (Å²) in [5.41, 5.74) is 1.86. The number of carbonyl (C=O) groups is 1. The zero-order valence-electron chi connectivity index (χ0n) is 10.6. The zero-order chi connectivity index (χ0) is 13.4. The third kappa shape index (κ3) is 2.15. The van der Waals surface area contributed by atoms with Gasteiger partial charge in [-0.3, -0.25) is 9.36 Å². The standard InChI is InChI=1S/C13H15N3O3/c1-16-10-7-8(4-5-11(10)19-13(16)18)15-12(17)9-3-2-6-14-9/h4-5,7,9,14H,2-3,6H2,1H3,(H,15,17). The minimum absolute atomic E-state index is 0.0367. The molecule has 0 bridgehead atoms. The largest absolute Gasteiger partial charge is 0.419 e. The first-order valence-corrected chi connectivity index (χ1v) is 6.29. The molecule has 19 heavy (non-hydrogen) atoms. The van der Waals surface area contributed by atoms with Crippen LogP contribution in [-0.2, 0) is 11.8 Å². The molecule has 2 heterocycles. The molecule has 1 aliphatic heterocycles. The number of hydrogen-bond donors (Lipinski definition) is 2. The van der Waals surface area contributed by atoms with Crippen LogP contribution in [0.3, 0.4) is 0 Å². The molecule has 1 unspecified atom stereocenters. The Bertz CT molecular complexity index is 680. The van der Waals surface area contributed by atoms with E-state index in [-0.39, 0.29) is 11.9 Å². The van der Waals surface area contributed by atoms with E-state index in [1.54, 1.807) is 25.2 Å². The highest BCUT2D eigenvalue weighted by atomic mass is 16.4. The van der Waals surface area contributed by atoms with E-state index in [9.17, 15) is 9.59 Å². The average Bonchev–Trinajstić information content (AvgIpc) is 3.01. The van der Waals surface area contributed by atoms with Gasteiger partial charge in [-0.25, -0.2) is 4.79 Å². The van der Waals surface area contributed by atoms with Crippen molar-refractivity contribution in [1.29, 1.82) is 0 Å². The molecule has 2 N–H and O–H groups in total. The number of nitrogens with one attached hydrogen (secondary N) is 2. The fourth-order valence-electron chi connectivity index (χ4n) is 2.34. The number of aryl methyl sites for hydroxylation is 1. The molecule has 0 saturated carbocycles. The van der Waals surface area contributed by atoms with Crippen molar-refractivity contribution in [2.24, 2.45) is 7.05 Å². The summed E-state index contributed by atoms with van der Waals surface area (Å²) in [7, 11) is 1.64. The van der Waals surface area contributed by atoms with Gasteiger partial charge in [-0.1, -0.05) is 0 Å². The topological polar surface area (TPSA) is 76.3 Å². The smallest absolute Gasteiger partial charge is 0.408 e. The van der Waals surface area contributed by atoms with Crippen molar-refractivity contribution in [2.45, 2.75) is 18.9 Å². The van der Waals surface area contributed by atoms with Gasteiger partial charge >= 0.3 is 5.76 Å². The van der Waals surface area contributed by atoms with E-state index >= 15 is 0 Å². The van der Waals surface area contributed by atoms with Crippen LogP contribution < -0.4 is 16.4 Å². The summed E-state index contributed by atoms with van der Waals surface area (Å²) in [5, 5.41) is 6.00. The molecule has 2 aromatic rings. The van der Waals surface area contributed by atoms with Crippen molar-refractivity contribution < 1.29 is 9.21 Å². The molecule has 1 amide bonds. The summed E-state index contributed by atoms with van der Waals surface area (Å²) in [5.74, 6) is -0.443. The zero-order valence-corrected chi connectivity index (χ0v) is 10.6. The van der Waals surface area contributed by atoms with E-state index < -0.39 is 5.76 Å². The van der Waals surface area contributed by atoms with Gasteiger partial charge in [0.15, 0.2) is 5.58 Å². The first-order chi connectivity index (χ1) is 9.15. The number of aromatic nitrogens is 1. The van der Waals surface area contributed by atoms with Crippen molar-refractivity contribution in [3.63, 3.8) is 0 Å². The summed E-state index contributed by atoms with van der Waals surface area (Å²) >= 11 is 0. The van der Waals surface area contributed by atoms with Gasteiger partial charge in [0.25, 0.3) is 0 Å². The number of carbonyl (C=O) groups excluding carboxylic acids is 1. The molecule has 1 saturated heterocycles. The molecular weight excluding hydrogens is 246 g/mol. The van der Waals surface area contributed by atoms with Crippen molar-refractivity contribution in [3.8, 4) is 0 Å². The van der Waals surface area contributed by atoms with Crippen LogP contribution in [0.5, 0.6) is 0 Å². The molecule has 1 atom stereocenters. The highest BCUT2D eigenvalue weighted by molar-refractivity contribution is 5.96. The van der Waals surface area contributed by atoms with E-state index in [0.717, 1.165) is 19.4 Å². The van der Waals surface area contributed by atoms with Crippen molar-refractivity contribution in [1.82, 2.24) is 9.88 Å². The summed E-state index contributed by atoms with van der Waals surface area (Å²) in [4.78, 5) is 23.4. The second kappa shape index (κ2) is 4.55. The molecule has 1 aromatic carbocycles. The van der Waals surface area contributed by atoms with Crippen LogP contribution in [-0.4, -0.2) is 23.1 Å². The van der Waals surface area contributed by atoms with Gasteiger partial charge in [-0.05, 0) is 37.6 Å². The number of amides is 1. The Morgan fingerprint density at radius 2 is 2.37 bits per heavy atom. The minimum atomic E-state index is -0.407. The van der Waals surface area contributed by atoms with E-state index in [2.05, 4.69) is 10.6 Å².